The summed E-state index contributed by atoms with van der Waals surface area (Å²) in [6, 6.07) is 5.43. The van der Waals surface area contributed by atoms with E-state index in [4.69, 9.17) is 4.74 Å². The number of morpholine rings is 1. The second-order valence-corrected chi connectivity index (χ2v) is 5.16. The summed E-state index contributed by atoms with van der Waals surface area (Å²) < 4.78 is 7.35. The van der Waals surface area contributed by atoms with E-state index in [1.54, 1.807) is 12.1 Å². The molecule has 3 rings (SSSR count). The Hall–Kier alpha value is -1.85. The molecule has 106 valence electrons. The minimum Gasteiger partial charge on any atom is -0.478 e. The number of hydrogen-bond donors (Lipinski definition) is 1. The van der Waals surface area contributed by atoms with E-state index in [2.05, 4.69) is 4.90 Å². The van der Waals surface area contributed by atoms with Crippen LogP contribution in [0.5, 0.6) is 0 Å². The van der Waals surface area contributed by atoms with Crippen molar-refractivity contribution in [3.05, 3.63) is 35.5 Å². The summed E-state index contributed by atoms with van der Waals surface area (Å²) in [7, 11) is 1.96. The fourth-order valence-electron chi connectivity index (χ4n) is 2.84. The molecule has 20 heavy (non-hydrogen) atoms. The molecule has 0 saturated carbocycles. The first kappa shape index (κ1) is 13.1. The van der Waals surface area contributed by atoms with Crippen LogP contribution in [0.25, 0.3) is 10.9 Å². The Bertz CT molecular complexity index is 642. The molecule has 5 heteroatoms. The molecule has 2 heterocycles. The number of hydrogen-bond acceptors (Lipinski definition) is 3. The molecule has 1 saturated heterocycles. The highest BCUT2D eigenvalue weighted by Crippen LogP contribution is 2.26. The van der Waals surface area contributed by atoms with Crippen molar-refractivity contribution in [2.45, 2.75) is 6.54 Å². The van der Waals surface area contributed by atoms with Crippen molar-refractivity contribution in [3.8, 4) is 0 Å². The number of aryl methyl sites for hydroxylation is 1. The molecule has 1 aliphatic rings. The van der Waals surface area contributed by atoms with Crippen molar-refractivity contribution in [1.82, 2.24) is 9.47 Å². The number of ether oxygens (including phenoxy) is 1. The zero-order valence-corrected chi connectivity index (χ0v) is 11.5. The highest BCUT2D eigenvalue weighted by molar-refractivity contribution is 6.04. The zero-order chi connectivity index (χ0) is 14.1. The van der Waals surface area contributed by atoms with Crippen LogP contribution in [0.3, 0.4) is 0 Å². The largest absolute Gasteiger partial charge is 0.478 e. The van der Waals surface area contributed by atoms with E-state index in [-0.39, 0.29) is 0 Å². The fourth-order valence-corrected chi connectivity index (χ4v) is 2.84. The average molecular weight is 274 g/mol. The monoisotopic (exact) mass is 274 g/mol. The van der Waals surface area contributed by atoms with Crippen molar-refractivity contribution in [1.29, 1.82) is 0 Å². The van der Waals surface area contributed by atoms with E-state index in [9.17, 15) is 9.90 Å². The highest BCUT2D eigenvalue weighted by atomic mass is 16.5. The standard InChI is InChI=1S/C15H18N2O3/c1-16-9-11(10-17-5-7-20-8-6-17)14-12(15(18)19)3-2-4-13(14)16/h2-4,9H,5-8,10H2,1H3,(H,18,19). The van der Waals surface area contributed by atoms with Crippen LogP contribution in [0.15, 0.2) is 24.4 Å². The van der Waals surface area contributed by atoms with Crippen molar-refractivity contribution in [2.75, 3.05) is 26.3 Å². The van der Waals surface area contributed by atoms with E-state index in [1.165, 1.54) is 0 Å². The predicted molar refractivity (Wildman–Crippen MR) is 76.0 cm³/mol. The number of rotatable bonds is 3. The third-order valence-electron chi connectivity index (χ3n) is 3.82. The molecule has 0 amide bonds. The molecule has 0 unspecified atom stereocenters. The van der Waals surface area contributed by atoms with Gasteiger partial charge in [0, 0.05) is 43.8 Å². The van der Waals surface area contributed by atoms with Crippen LogP contribution in [0.4, 0.5) is 0 Å². The molecule has 1 aromatic carbocycles. The van der Waals surface area contributed by atoms with Gasteiger partial charge in [-0.2, -0.15) is 0 Å². The van der Waals surface area contributed by atoms with Gasteiger partial charge in [0.25, 0.3) is 0 Å². The Morgan fingerprint density at radius 1 is 1.35 bits per heavy atom. The van der Waals surface area contributed by atoms with Gasteiger partial charge >= 0.3 is 5.97 Å². The van der Waals surface area contributed by atoms with E-state index in [0.29, 0.717) is 5.56 Å². The number of aromatic nitrogens is 1. The van der Waals surface area contributed by atoms with E-state index < -0.39 is 5.97 Å². The molecule has 0 atom stereocenters. The minimum absolute atomic E-state index is 0.381. The smallest absolute Gasteiger partial charge is 0.336 e. The van der Waals surface area contributed by atoms with Crippen molar-refractivity contribution in [3.63, 3.8) is 0 Å². The molecule has 0 aliphatic carbocycles. The summed E-state index contributed by atoms with van der Waals surface area (Å²) in [5.41, 5.74) is 2.42. The number of carboxylic acid groups (broad SMARTS) is 1. The molecule has 1 aliphatic heterocycles. The molecule has 0 bridgehead atoms. The first-order chi connectivity index (χ1) is 9.66. The molecular formula is C15H18N2O3. The van der Waals surface area contributed by atoms with E-state index >= 15 is 0 Å². The number of benzene rings is 1. The third-order valence-corrected chi connectivity index (χ3v) is 3.82. The number of carbonyl (C=O) groups is 1. The Morgan fingerprint density at radius 3 is 2.80 bits per heavy atom. The van der Waals surface area contributed by atoms with E-state index in [1.807, 2.05) is 23.9 Å². The normalized spacial score (nSPS) is 16.6. The lowest BCUT2D eigenvalue weighted by Crippen LogP contribution is -2.35. The maximum absolute atomic E-state index is 11.4. The number of fused-ring (bicyclic) bond motifs is 1. The zero-order valence-electron chi connectivity index (χ0n) is 11.5. The van der Waals surface area contributed by atoms with Gasteiger partial charge < -0.3 is 14.4 Å². The van der Waals surface area contributed by atoms with Gasteiger partial charge in [0.1, 0.15) is 0 Å². The Labute approximate surface area is 117 Å². The molecule has 2 aromatic rings. The van der Waals surface area contributed by atoms with Crippen molar-refractivity contribution < 1.29 is 14.6 Å². The lowest BCUT2D eigenvalue weighted by Gasteiger charge is -2.26. The average Bonchev–Trinajstić information content (AvgIpc) is 2.77. The number of carboxylic acids is 1. The van der Waals surface area contributed by atoms with E-state index in [0.717, 1.165) is 49.3 Å². The van der Waals surface area contributed by atoms with Crippen molar-refractivity contribution >= 4 is 16.9 Å². The van der Waals surface area contributed by atoms with Crippen LogP contribution >= 0.6 is 0 Å². The molecular weight excluding hydrogens is 256 g/mol. The van der Waals surface area contributed by atoms with Gasteiger partial charge in [-0.25, -0.2) is 4.79 Å². The van der Waals surface area contributed by atoms with Crippen LogP contribution in [-0.4, -0.2) is 46.8 Å². The Kier molecular flexibility index (Phi) is 3.46. The molecule has 1 N–H and O–H groups in total. The fraction of sp³-hybridized carbons (Fsp3) is 0.400. The molecule has 1 fully saturated rings. The predicted octanol–water partition coefficient (Wildman–Crippen LogP) is 1.71. The van der Waals surface area contributed by atoms with Crippen LogP contribution in [-0.2, 0) is 18.3 Å². The summed E-state index contributed by atoms with van der Waals surface area (Å²) in [4.78, 5) is 13.7. The van der Waals surface area contributed by atoms with Crippen LogP contribution in [0.2, 0.25) is 0 Å². The van der Waals surface area contributed by atoms with Gasteiger partial charge in [-0.1, -0.05) is 6.07 Å². The summed E-state index contributed by atoms with van der Waals surface area (Å²) in [5.74, 6) is -0.870. The lowest BCUT2D eigenvalue weighted by molar-refractivity contribution is 0.0343. The topological polar surface area (TPSA) is 54.7 Å². The maximum atomic E-state index is 11.4. The SMILES string of the molecule is Cn1cc(CN2CCOCC2)c2c(C(=O)O)cccc21. The highest BCUT2D eigenvalue weighted by Gasteiger charge is 2.18. The van der Waals surface area contributed by atoms with Crippen LogP contribution in [0, 0.1) is 0 Å². The van der Waals surface area contributed by atoms with Gasteiger partial charge in [-0.15, -0.1) is 0 Å². The first-order valence-corrected chi connectivity index (χ1v) is 6.77. The molecule has 5 nitrogen and oxygen atoms in total. The molecule has 0 spiro atoms. The minimum atomic E-state index is -0.870. The van der Waals surface area contributed by atoms with Crippen molar-refractivity contribution in [2.24, 2.45) is 7.05 Å². The van der Waals surface area contributed by atoms with Crippen LogP contribution in [0.1, 0.15) is 15.9 Å². The second-order valence-electron chi connectivity index (χ2n) is 5.16. The Morgan fingerprint density at radius 2 is 2.10 bits per heavy atom. The third kappa shape index (κ3) is 2.30. The van der Waals surface area contributed by atoms with Crippen LogP contribution < -0.4 is 0 Å². The summed E-state index contributed by atoms with van der Waals surface area (Å²) >= 11 is 0. The van der Waals surface area contributed by atoms with Gasteiger partial charge in [0.2, 0.25) is 0 Å². The maximum Gasteiger partial charge on any atom is 0.336 e. The number of aromatic carboxylic acids is 1. The van der Waals surface area contributed by atoms with Gasteiger partial charge in [-0.05, 0) is 17.7 Å². The van der Waals surface area contributed by atoms with Gasteiger partial charge in [-0.3, -0.25) is 4.90 Å². The number of nitrogens with zero attached hydrogens (tertiary/aromatic N) is 2. The molecule has 1 aromatic heterocycles. The van der Waals surface area contributed by atoms with Gasteiger partial charge in [0.05, 0.1) is 18.8 Å². The molecule has 0 radical (unpaired) electrons. The summed E-state index contributed by atoms with van der Waals surface area (Å²) in [6.45, 7) is 4.05. The summed E-state index contributed by atoms with van der Waals surface area (Å²) in [5, 5.41) is 10.2. The summed E-state index contributed by atoms with van der Waals surface area (Å²) in [6.07, 6.45) is 2.03. The quantitative estimate of drug-likeness (QED) is 0.925. The van der Waals surface area contributed by atoms with Gasteiger partial charge in [0.15, 0.2) is 0 Å². The lowest BCUT2D eigenvalue weighted by atomic mass is 10.1. The first-order valence-electron chi connectivity index (χ1n) is 6.77. The second kappa shape index (κ2) is 5.26. The Balaban J connectivity index is 2.03.